The maximum Gasteiger partial charge on any atom is 0.225 e. The second-order valence-corrected chi connectivity index (χ2v) is 5.65. The molecule has 5 heteroatoms. The molecule has 1 aliphatic carbocycles. The summed E-state index contributed by atoms with van der Waals surface area (Å²) in [5, 5.41) is 0. The van der Waals surface area contributed by atoms with Crippen LogP contribution in [0.15, 0.2) is 12.4 Å². The summed E-state index contributed by atoms with van der Waals surface area (Å²) in [6.07, 6.45) is 8.83. The highest BCUT2D eigenvalue weighted by Crippen LogP contribution is 2.26. The van der Waals surface area contributed by atoms with E-state index in [-0.39, 0.29) is 0 Å². The van der Waals surface area contributed by atoms with E-state index < -0.39 is 0 Å². The van der Waals surface area contributed by atoms with Gasteiger partial charge in [-0.1, -0.05) is 12.8 Å². The minimum Gasteiger partial charge on any atom is -0.337 e. The lowest BCUT2D eigenvalue weighted by Gasteiger charge is -2.28. The van der Waals surface area contributed by atoms with Crippen LogP contribution in [0.4, 0.5) is 5.95 Å². The Morgan fingerprint density at radius 1 is 1.31 bits per heavy atom. The van der Waals surface area contributed by atoms with Gasteiger partial charge in [0.25, 0.3) is 0 Å². The van der Waals surface area contributed by atoms with Gasteiger partial charge in [-0.05, 0) is 35.4 Å². The van der Waals surface area contributed by atoms with E-state index in [1.165, 1.54) is 25.7 Å². The summed E-state index contributed by atoms with van der Waals surface area (Å²) in [6.45, 7) is 0.840. The molecule has 0 radical (unpaired) electrons. The fourth-order valence-electron chi connectivity index (χ4n) is 2.21. The van der Waals surface area contributed by atoms with Crippen molar-refractivity contribution in [3.8, 4) is 0 Å². The first-order valence-electron chi connectivity index (χ1n) is 5.61. The van der Waals surface area contributed by atoms with Crippen LogP contribution in [-0.2, 0) is 0 Å². The number of anilines is 1. The van der Waals surface area contributed by atoms with E-state index in [1.807, 2.05) is 12.4 Å². The van der Waals surface area contributed by atoms with Gasteiger partial charge in [-0.2, -0.15) is 0 Å². The zero-order valence-corrected chi connectivity index (χ0v) is 12.0. The Labute approximate surface area is 115 Å². The number of halogens is 2. The van der Waals surface area contributed by atoms with Gasteiger partial charge in [-0.15, -0.1) is 11.6 Å². The van der Waals surface area contributed by atoms with Crippen molar-refractivity contribution >= 4 is 40.1 Å². The fraction of sp³-hybridized carbons (Fsp3) is 0.636. The molecule has 16 heavy (non-hydrogen) atoms. The molecule has 0 saturated heterocycles. The van der Waals surface area contributed by atoms with Crippen LogP contribution in [0.1, 0.15) is 25.7 Å². The highest BCUT2D eigenvalue weighted by molar-refractivity contribution is 14.1. The molecule has 0 atom stereocenters. The van der Waals surface area contributed by atoms with Crippen molar-refractivity contribution in [3.05, 3.63) is 16.0 Å². The van der Waals surface area contributed by atoms with Crippen LogP contribution in [0, 0.1) is 3.57 Å². The largest absolute Gasteiger partial charge is 0.337 e. The lowest BCUT2D eigenvalue weighted by molar-refractivity contribution is 0.606. The Balaban J connectivity index is 2.14. The summed E-state index contributed by atoms with van der Waals surface area (Å²) >= 11 is 8.08. The molecule has 0 aliphatic heterocycles. The molecule has 1 aliphatic rings. The van der Waals surface area contributed by atoms with E-state index in [2.05, 4.69) is 37.5 Å². The smallest absolute Gasteiger partial charge is 0.225 e. The Morgan fingerprint density at radius 2 is 1.94 bits per heavy atom. The molecule has 1 saturated carbocycles. The summed E-state index contributed by atoms with van der Waals surface area (Å²) in [6, 6.07) is 0.582. The molecule has 3 nitrogen and oxygen atoms in total. The van der Waals surface area contributed by atoms with E-state index in [1.54, 1.807) is 0 Å². The first kappa shape index (κ1) is 12.4. The molecule has 1 fully saturated rings. The van der Waals surface area contributed by atoms with Crippen molar-refractivity contribution in [1.29, 1.82) is 0 Å². The van der Waals surface area contributed by atoms with Gasteiger partial charge in [0.1, 0.15) is 0 Å². The Kier molecular flexibility index (Phi) is 4.64. The second-order valence-electron chi connectivity index (χ2n) is 4.02. The molecule has 1 aromatic heterocycles. The SMILES string of the molecule is ClCCN(c1ncc(I)cn1)C1CCCC1. The van der Waals surface area contributed by atoms with Gasteiger partial charge in [-0.3, -0.25) is 0 Å². The van der Waals surface area contributed by atoms with E-state index in [9.17, 15) is 0 Å². The van der Waals surface area contributed by atoms with Gasteiger partial charge >= 0.3 is 0 Å². The van der Waals surface area contributed by atoms with Crippen LogP contribution in [0.2, 0.25) is 0 Å². The van der Waals surface area contributed by atoms with Gasteiger partial charge in [0.05, 0.1) is 0 Å². The molecule has 1 aromatic rings. The van der Waals surface area contributed by atoms with Crippen molar-refractivity contribution in [2.24, 2.45) is 0 Å². The molecule has 1 heterocycles. The summed E-state index contributed by atoms with van der Waals surface area (Å²) in [4.78, 5) is 11.0. The lowest BCUT2D eigenvalue weighted by atomic mass is 10.2. The van der Waals surface area contributed by atoms with Crippen molar-refractivity contribution in [2.75, 3.05) is 17.3 Å². The van der Waals surface area contributed by atoms with Crippen molar-refractivity contribution in [2.45, 2.75) is 31.7 Å². The number of alkyl halides is 1. The quantitative estimate of drug-likeness (QED) is 0.617. The minimum absolute atomic E-state index is 0.582. The van der Waals surface area contributed by atoms with Crippen LogP contribution in [0.25, 0.3) is 0 Å². The monoisotopic (exact) mass is 351 g/mol. The van der Waals surface area contributed by atoms with Gasteiger partial charge in [0.2, 0.25) is 5.95 Å². The van der Waals surface area contributed by atoms with Crippen LogP contribution < -0.4 is 4.90 Å². The van der Waals surface area contributed by atoms with E-state index in [0.29, 0.717) is 11.9 Å². The summed E-state index contributed by atoms with van der Waals surface area (Å²) in [5.41, 5.74) is 0. The Morgan fingerprint density at radius 3 is 2.50 bits per heavy atom. The zero-order valence-electron chi connectivity index (χ0n) is 9.07. The highest BCUT2D eigenvalue weighted by atomic mass is 127. The van der Waals surface area contributed by atoms with Gasteiger partial charge < -0.3 is 4.90 Å². The van der Waals surface area contributed by atoms with Gasteiger partial charge in [0.15, 0.2) is 0 Å². The summed E-state index contributed by atoms with van der Waals surface area (Å²) < 4.78 is 1.07. The lowest BCUT2D eigenvalue weighted by Crippen LogP contribution is -2.36. The highest BCUT2D eigenvalue weighted by Gasteiger charge is 2.23. The van der Waals surface area contributed by atoms with Crippen molar-refractivity contribution < 1.29 is 0 Å². The minimum atomic E-state index is 0.582. The van der Waals surface area contributed by atoms with E-state index >= 15 is 0 Å². The third kappa shape index (κ3) is 2.97. The molecule has 0 amide bonds. The van der Waals surface area contributed by atoms with Crippen LogP contribution >= 0.6 is 34.2 Å². The van der Waals surface area contributed by atoms with E-state index in [4.69, 9.17) is 11.6 Å². The molecular formula is C11H15ClIN3. The summed E-state index contributed by atoms with van der Waals surface area (Å²) in [5.74, 6) is 1.46. The number of nitrogens with zero attached hydrogens (tertiary/aromatic N) is 3. The average Bonchev–Trinajstić information content (AvgIpc) is 2.81. The third-order valence-corrected chi connectivity index (χ3v) is 3.68. The number of aromatic nitrogens is 2. The molecular weight excluding hydrogens is 336 g/mol. The number of hydrogen-bond donors (Lipinski definition) is 0. The molecule has 0 unspecified atom stereocenters. The van der Waals surface area contributed by atoms with Gasteiger partial charge in [0, 0.05) is 34.4 Å². The van der Waals surface area contributed by atoms with E-state index in [0.717, 1.165) is 16.1 Å². The maximum absolute atomic E-state index is 5.86. The van der Waals surface area contributed by atoms with Crippen molar-refractivity contribution in [3.63, 3.8) is 0 Å². The second kappa shape index (κ2) is 6.00. The van der Waals surface area contributed by atoms with Crippen LogP contribution in [-0.4, -0.2) is 28.4 Å². The molecule has 0 bridgehead atoms. The molecule has 2 rings (SSSR count). The first-order chi connectivity index (χ1) is 7.81. The number of rotatable bonds is 4. The molecule has 88 valence electrons. The maximum atomic E-state index is 5.86. The zero-order chi connectivity index (χ0) is 11.4. The first-order valence-corrected chi connectivity index (χ1v) is 7.23. The van der Waals surface area contributed by atoms with Crippen LogP contribution in [0.5, 0.6) is 0 Å². The molecule has 0 N–H and O–H groups in total. The topological polar surface area (TPSA) is 29.0 Å². The summed E-state index contributed by atoms with van der Waals surface area (Å²) in [7, 11) is 0. The number of hydrogen-bond acceptors (Lipinski definition) is 3. The normalized spacial score (nSPS) is 16.6. The molecule has 0 aromatic carbocycles. The molecule has 0 spiro atoms. The standard InChI is InChI=1S/C11H15ClIN3/c12-5-6-16(10-3-1-2-4-10)11-14-7-9(13)8-15-11/h7-8,10H,1-6H2. The Hall–Kier alpha value is -0.100. The van der Waals surface area contributed by atoms with Gasteiger partial charge in [-0.25, -0.2) is 9.97 Å². The Bertz CT molecular complexity index is 325. The fourth-order valence-corrected chi connectivity index (χ4v) is 2.67. The third-order valence-electron chi connectivity index (χ3n) is 2.95. The average molecular weight is 352 g/mol. The van der Waals surface area contributed by atoms with Crippen molar-refractivity contribution in [1.82, 2.24) is 9.97 Å². The predicted molar refractivity (Wildman–Crippen MR) is 75.1 cm³/mol. The predicted octanol–water partition coefficient (Wildman–Crippen LogP) is 3.07. The van der Waals surface area contributed by atoms with Crippen LogP contribution in [0.3, 0.4) is 0 Å².